The smallest absolute Gasteiger partial charge is 0.405 e. The van der Waals surface area contributed by atoms with E-state index < -0.39 is 12.2 Å². The molecule has 1 amide bonds. The van der Waals surface area contributed by atoms with Gasteiger partial charge >= 0.3 is 6.09 Å². The van der Waals surface area contributed by atoms with Crippen molar-refractivity contribution in [2.75, 3.05) is 0 Å². The SMILES string of the molecule is C[C@@H](OC(N)=O)c1ccc(Br)nn1. The number of hydrogen-bond donors (Lipinski definition) is 1. The summed E-state index contributed by atoms with van der Waals surface area (Å²) in [6, 6.07) is 3.41. The Labute approximate surface area is 83.4 Å². The Morgan fingerprint density at radius 2 is 2.31 bits per heavy atom. The number of ether oxygens (including phenoxy) is 1. The average Bonchev–Trinajstić information content (AvgIpc) is 2.04. The standard InChI is InChI=1S/C7H8BrN3O2/c1-4(13-7(9)12)5-2-3-6(8)11-10-5/h2-4H,1H3,(H2,9,12)/t4-/m1/s1. The summed E-state index contributed by atoms with van der Waals surface area (Å²) in [4.78, 5) is 10.4. The molecule has 0 aliphatic carbocycles. The molecule has 0 fully saturated rings. The van der Waals surface area contributed by atoms with Crippen molar-refractivity contribution in [3.8, 4) is 0 Å². The van der Waals surface area contributed by atoms with Gasteiger partial charge in [-0.3, -0.25) is 0 Å². The molecule has 5 nitrogen and oxygen atoms in total. The first kappa shape index (κ1) is 9.91. The Morgan fingerprint density at radius 1 is 1.62 bits per heavy atom. The van der Waals surface area contributed by atoms with E-state index in [-0.39, 0.29) is 0 Å². The second-order valence-corrected chi connectivity index (χ2v) is 3.17. The maximum Gasteiger partial charge on any atom is 0.405 e. The molecule has 0 aliphatic rings. The molecule has 1 aromatic rings. The molecule has 0 unspecified atom stereocenters. The summed E-state index contributed by atoms with van der Waals surface area (Å²) in [5, 5.41) is 7.54. The number of amides is 1. The van der Waals surface area contributed by atoms with Gasteiger partial charge < -0.3 is 10.5 Å². The van der Waals surface area contributed by atoms with Crippen LogP contribution in [0.2, 0.25) is 0 Å². The van der Waals surface area contributed by atoms with Gasteiger partial charge in [-0.15, -0.1) is 5.10 Å². The first-order chi connectivity index (χ1) is 6.09. The van der Waals surface area contributed by atoms with Gasteiger partial charge in [-0.25, -0.2) is 4.79 Å². The highest BCUT2D eigenvalue weighted by Crippen LogP contribution is 2.14. The van der Waals surface area contributed by atoms with Crippen molar-refractivity contribution >= 4 is 22.0 Å². The predicted molar refractivity (Wildman–Crippen MR) is 48.8 cm³/mol. The minimum atomic E-state index is -0.822. The summed E-state index contributed by atoms with van der Waals surface area (Å²) in [5.41, 5.74) is 5.40. The molecular weight excluding hydrogens is 238 g/mol. The van der Waals surface area contributed by atoms with Crippen LogP contribution in [0.3, 0.4) is 0 Å². The van der Waals surface area contributed by atoms with Crippen molar-refractivity contribution in [2.45, 2.75) is 13.0 Å². The van der Waals surface area contributed by atoms with Crippen molar-refractivity contribution in [3.63, 3.8) is 0 Å². The van der Waals surface area contributed by atoms with Crippen LogP contribution in [0.15, 0.2) is 16.7 Å². The number of nitrogens with zero attached hydrogens (tertiary/aromatic N) is 2. The Morgan fingerprint density at radius 3 is 2.77 bits per heavy atom. The number of hydrogen-bond acceptors (Lipinski definition) is 4. The molecule has 1 heterocycles. The normalized spacial score (nSPS) is 12.2. The number of rotatable bonds is 2. The van der Waals surface area contributed by atoms with Crippen LogP contribution in [0, 0.1) is 0 Å². The first-order valence-corrected chi connectivity index (χ1v) is 4.34. The molecule has 0 saturated carbocycles. The summed E-state index contributed by atoms with van der Waals surface area (Å²) in [6.45, 7) is 1.67. The molecular formula is C7H8BrN3O2. The third-order valence-electron chi connectivity index (χ3n) is 1.36. The average molecular weight is 246 g/mol. The van der Waals surface area contributed by atoms with E-state index in [2.05, 4.69) is 26.1 Å². The lowest BCUT2D eigenvalue weighted by atomic mass is 10.3. The van der Waals surface area contributed by atoms with Gasteiger partial charge in [-0.05, 0) is 35.0 Å². The fourth-order valence-corrected chi connectivity index (χ4v) is 0.989. The van der Waals surface area contributed by atoms with E-state index in [1.165, 1.54) is 0 Å². The number of primary amides is 1. The monoisotopic (exact) mass is 245 g/mol. The molecule has 0 aliphatic heterocycles. The van der Waals surface area contributed by atoms with Gasteiger partial charge in [0.1, 0.15) is 16.4 Å². The summed E-state index contributed by atoms with van der Waals surface area (Å²) in [5.74, 6) is 0. The quantitative estimate of drug-likeness (QED) is 0.855. The van der Waals surface area contributed by atoms with E-state index in [9.17, 15) is 4.79 Å². The zero-order valence-corrected chi connectivity index (χ0v) is 8.48. The lowest BCUT2D eigenvalue weighted by Gasteiger charge is -2.09. The van der Waals surface area contributed by atoms with Gasteiger partial charge in [0.25, 0.3) is 0 Å². The molecule has 2 N–H and O–H groups in total. The number of carbonyl (C=O) groups excluding carboxylic acids is 1. The van der Waals surface area contributed by atoms with Crippen LogP contribution in [0.25, 0.3) is 0 Å². The van der Waals surface area contributed by atoms with Crippen molar-refractivity contribution in [3.05, 3.63) is 22.4 Å². The molecule has 0 spiro atoms. The van der Waals surface area contributed by atoms with Crippen LogP contribution in [0.5, 0.6) is 0 Å². The van der Waals surface area contributed by atoms with Crippen molar-refractivity contribution < 1.29 is 9.53 Å². The van der Waals surface area contributed by atoms with Crippen molar-refractivity contribution in [2.24, 2.45) is 5.73 Å². The molecule has 0 bridgehead atoms. The van der Waals surface area contributed by atoms with Crippen molar-refractivity contribution in [1.82, 2.24) is 10.2 Å². The fraction of sp³-hybridized carbons (Fsp3) is 0.286. The molecule has 6 heteroatoms. The zero-order chi connectivity index (χ0) is 9.84. The van der Waals surface area contributed by atoms with Crippen LogP contribution in [0.1, 0.15) is 18.7 Å². The molecule has 1 aromatic heterocycles. The van der Waals surface area contributed by atoms with E-state index in [1.807, 2.05) is 0 Å². The lowest BCUT2D eigenvalue weighted by molar-refractivity contribution is 0.114. The Hall–Kier alpha value is -1.17. The van der Waals surface area contributed by atoms with Crippen molar-refractivity contribution in [1.29, 1.82) is 0 Å². The number of aromatic nitrogens is 2. The minimum Gasteiger partial charge on any atom is -0.440 e. The number of carbonyl (C=O) groups is 1. The Balaban J connectivity index is 2.71. The molecule has 70 valence electrons. The summed E-state index contributed by atoms with van der Waals surface area (Å²) in [7, 11) is 0. The predicted octanol–water partition coefficient (Wildman–Crippen LogP) is 1.40. The third-order valence-corrected chi connectivity index (χ3v) is 1.79. The van der Waals surface area contributed by atoms with E-state index in [1.54, 1.807) is 19.1 Å². The highest BCUT2D eigenvalue weighted by Gasteiger charge is 2.10. The molecule has 1 atom stereocenters. The van der Waals surface area contributed by atoms with Crippen LogP contribution in [0.4, 0.5) is 4.79 Å². The zero-order valence-electron chi connectivity index (χ0n) is 6.90. The molecule has 0 radical (unpaired) electrons. The topological polar surface area (TPSA) is 78.1 Å². The molecule has 13 heavy (non-hydrogen) atoms. The van der Waals surface area contributed by atoms with E-state index in [4.69, 9.17) is 10.5 Å². The van der Waals surface area contributed by atoms with Gasteiger partial charge in [0, 0.05) is 0 Å². The van der Waals surface area contributed by atoms with Gasteiger partial charge in [0.15, 0.2) is 0 Å². The summed E-state index contributed by atoms with van der Waals surface area (Å²) in [6.07, 6.45) is -1.30. The molecule has 0 saturated heterocycles. The second-order valence-electron chi connectivity index (χ2n) is 2.36. The van der Waals surface area contributed by atoms with Crippen LogP contribution >= 0.6 is 15.9 Å². The Kier molecular flexibility index (Phi) is 3.18. The summed E-state index contributed by atoms with van der Waals surface area (Å²) >= 11 is 3.14. The van der Waals surface area contributed by atoms with E-state index in [0.717, 1.165) is 0 Å². The summed E-state index contributed by atoms with van der Waals surface area (Å²) < 4.78 is 5.32. The lowest BCUT2D eigenvalue weighted by Crippen LogP contribution is -2.16. The fourth-order valence-electron chi connectivity index (χ4n) is 0.778. The molecule has 0 aromatic carbocycles. The van der Waals surface area contributed by atoms with Gasteiger partial charge in [0.05, 0.1) is 0 Å². The van der Waals surface area contributed by atoms with Crippen LogP contribution < -0.4 is 5.73 Å². The first-order valence-electron chi connectivity index (χ1n) is 3.55. The van der Waals surface area contributed by atoms with E-state index >= 15 is 0 Å². The third kappa shape index (κ3) is 2.98. The van der Waals surface area contributed by atoms with Gasteiger partial charge in [-0.1, -0.05) is 0 Å². The minimum absolute atomic E-state index is 0.474. The maximum absolute atomic E-state index is 10.4. The van der Waals surface area contributed by atoms with Crippen LogP contribution in [-0.4, -0.2) is 16.3 Å². The highest BCUT2D eigenvalue weighted by atomic mass is 79.9. The van der Waals surface area contributed by atoms with Gasteiger partial charge in [0.2, 0.25) is 0 Å². The highest BCUT2D eigenvalue weighted by molar-refractivity contribution is 9.10. The molecule has 1 rings (SSSR count). The maximum atomic E-state index is 10.4. The number of nitrogens with two attached hydrogens (primary N) is 1. The van der Waals surface area contributed by atoms with E-state index in [0.29, 0.717) is 10.3 Å². The largest absolute Gasteiger partial charge is 0.440 e. The second kappa shape index (κ2) is 4.18. The Bertz CT molecular complexity index is 301. The van der Waals surface area contributed by atoms with Crippen LogP contribution in [-0.2, 0) is 4.74 Å². The number of halogens is 1. The van der Waals surface area contributed by atoms with Gasteiger partial charge in [-0.2, -0.15) is 5.10 Å².